The van der Waals surface area contributed by atoms with Crippen molar-refractivity contribution in [2.24, 2.45) is 0 Å². The van der Waals surface area contributed by atoms with Crippen LogP contribution in [0.25, 0.3) is 0 Å². The first-order chi connectivity index (χ1) is 5.97. The number of halogens is 1. The van der Waals surface area contributed by atoms with E-state index in [1.54, 1.807) is 0 Å². The van der Waals surface area contributed by atoms with Crippen LogP contribution < -0.4 is 5.32 Å². The maximum Gasteiger partial charge on any atom is -0.00431 e. The van der Waals surface area contributed by atoms with Gasteiger partial charge >= 0.3 is 0 Å². The van der Waals surface area contributed by atoms with Crippen molar-refractivity contribution in [1.29, 1.82) is 0 Å². The van der Waals surface area contributed by atoms with E-state index >= 15 is 0 Å². The van der Waals surface area contributed by atoms with Gasteiger partial charge in [-0.15, -0.1) is 17.0 Å². The van der Waals surface area contributed by atoms with Crippen LogP contribution in [0.1, 0.15) is 24.3 Å². The lowest BCUT2D eigenvalue weighted by molar-refractivity contribution is 0.460. The van der Waals surface area contributed by atoms with E-state index in [1.165, 1.54) is 31.5 Å². The van der Waals surface area contributed by atoms with Crippen molar-refractivity contribution in [3.8, 4) is 0 Å². The second kappa shape index (κ2) is 5.40. The van der Waals surface area contributed by atoms with Crippen molar-refractivity contribution < 1.29 is 0 Å². The summed E-state index contributed by atoms with van der Waals surface area (Å²) in [5.74, 6) is 0.799. The molecule has 0 bridgehead atoms. The number of hydrogen-bond acceptors (Lipinski definition) is 1. The summed E-state index contributed by atoms with van der Waals surface area (Å²) in [5.41, 5.74) is 1.51. The first-order valence-corrected chi connectivity index (χ1v) is 4.72. The van der Waals surface area contributed by atoms with Gasteiger partial charge in [0.15, 0.2) is 0 Å². The maximum absolute atomic E-state index is 3.38. The second-order valence-corrected chi connectivity index (χ2v) is 3.43. The summed E-state index contributed by atoms with van der Waals surface area (Å²) >= 11 is 0. The number of benzene rings is 1. The predicted octanol–water partition coefficient (Wildman–Crippen LogP) is 2.73. The summed E-state index contributed by atoms with van der Waals surface area (Å²) < 4.78 is 0. The highest BCUT2D eigenvalue weighted by Crippen LogP contribution is 2.24. The Bertz CT molecular complexity index is 229. The number of piperidine rings is 1. The Kier molecular flexibility index (Phi) is 4.46. The van der Waals surface area contributed by atoms with E-state index in [0.29, 0.717) is 0 Å². The van der Waals surface area contributed by atoms with Gasteiger partial charge in [0.2, 0.25) is 0 Å². The summed E-state index contributed by atoms with van der Waals surface area (Å²) in [6.45, 7) is 2.36. The van der Waals surface area contributed by atoms with Gasteiger partial charge in [0.1, 0.15) is 0 Å². The third kappa shape index (κ3) is 2.82. The zero-order valence-electron chi connectivity index (χ0n) is 7.70. The van der Waals surface area contributed by atoms with Gasteiger partial charge < -0.3 is 5.32 Å². The maximum atomic E-state index is 3.38. The molecule has 1 aromatic carbocycles. The van der Waals surface area contributed by atoms with E-state index in [9.17, 15) is 0 Å². The highest BCUT2D eigenvalue weighted by molar-refractivity contribution is 8.93. The van der Waals surface area contributed by atoms with Crippen molar-refractivity contribution in [2.45, 2.75) is 18.8 Å². The molecule has 1 aliphatic rings. The van der Waals surface area contributed by atoms with Gasteiger partial charge in [0.25, 0.3) is 0 Å². The molecule has 1 saturated heterocycles. The third-order valence-electron chi connectivity index (χ3n) is 2.61. The Hall–Kier alpha value is -0.340. The van der Waals surface area contributed by atoms with E-state index in [-0.39, 0.29) is 17.0 Å². The molecule has 13 heavy (non-hydrogen) atoms. The molecule has 2 rings (SSSR count). The molecule has 0 aromatic heterocycles. The quantitative estimate of drug-likeness (QED) is 0.798. The Balaban J connectivity index is 0.000000845. The average Bonchev–Trinajstić information content (AvgIpc) is 2.21. The smallest absolute Gasteiger partial charge is 0.00431 e. The zero-order chi connectivity index (χ0) is 8.23. The number of nitrogens with one attached hydrogen (secondary N) is 1. The van der Waals surface area contributed by atoms with Crippen molar-refractivity contribution >= 4 is 17.0 Å². The summed E-state index contributed by atoms with van der Waals surface area (Å²) in [5, 5.41) is 3.38. The topological polar surface area (TPSA) is 12.0 Å². The van der Waals surface area contributed by atoms with Gasteiger partial charge in [-0.1, -0.05) is 30.3 Å². The van der Waals surface area contributed by atoms with Crippen LogP contribution in [0.15, 0.2) is 30.3 Å². The van der Waals surface area contributed by atoms with Gasteiger partial charge in [-0.3, -0.25) is 0 Å². The predicted molar refractivity (Wildman–Crippen MR) is 61.6 cm³/mol. The largest absolute Gasteiger partial charge is 0.317 e. The molecule has 0 unspecified atom stereocenters. The van der Waals surface area contributed by atoms with Gasteiger partial charge in [0.05, 0.1) is 0 Å². The molecule has 0 amide bonds. The van der Waals surface area contributed by atoms with Crippen LogP contribution >= 0.6 is 17.0 Å². The molecule has 1 fully saturated rings. The average molecular weight is 242 g/mol. The molecular formula is C11H16BrN. The fourth-order valence-corrected chi connectivity index (χ4v) is 1.88. The van der Waals surface area contributed by atoms with E-state index < -0.39 is 0 Å². The number of hydrogen-bond donors (Lipinski definition) is 1. The van der Waals surface area contributed by atoms with Crippen LogP contribution in [0.5, 0.6) is 0 Å². The molecular weight excluding hydrogens is 226 g/mol. The molecule has 1 heterocycles. The molecule has 72 valence electrons. The van der Waals surface area contributed by atoms with Crippen LogP contribution in [-0.2, 0) is 0 Å². The minimum absolute atomic E-state index is 0. The lowest BCUT2D eigenvalue weighted by Crippen LogP contribution is -2.26. The van der Waals surface area contributed by atoms with Gasteiger partial charge in [-0.05, 0) is 37.4 Å². The molecule has 1 aliphatic heterocycles. The van der Waals surface area contributed by atoms with Crippen LogP contribution in [0, 0.1) is 0 Å². The van der Waals surface area contributed by atoms with Crippen molar-refractivity contribution in [3.05, 3.63) is 35.9 Å². The minimum Gasteiger partial charge on any atom is -0.317 e. The van der Waals surface area contributed by atoms with Crippen LogP contribution in [0.4, 0.5) is 0 Å². The van der Waals surface area contributed by atoms with E-state index in [4.69, 9.17) is 0 Å². The lowest BCUT2D eigenvalue weighted by atomic mass is 9.90. The standard InChI is InChI=1S/C11H15N.BrH/c1-2-4-10(5-3-1)11-6-8-12-9-7-11;/h1-5,11-12H,6-9H2;1H. The lowest BCUT2D eigenvalue weighted by Gasteiger charge is -2.22. The molecule has 2 heteroatoms. The second-order valence-electron chi connectivity index (χ2n) is 3.43. The fraction of sp³-hybridized carbons (Fsp3) is 0.455. The summed E-state index contributed by atoms with van der Waals surface area (Å²) in [6.07, 6.45) is 2.59. The minimum atomic E-state index is 0. The molecule has 0 saturated carbocycles. The Morgan fingerprint density at radius 3 is 2.23 bits per heavy atom. The molecule has 0 spiro atoms. The highest BCUT2D eigenvalue weighted by atomic mass is 79.9. The molecule has 1 N–H and O–H groups in total. The SMILES string of the molecule is Br.c1ccc(C2CCNCC2)cc1. The highest BCUT2D eigenvalue weighted by Gasteiger charge is 2.13. The van der Waals surface area contributed by atoms with Gasteiger partial charge in [-0.2, -0.15) is 0 Å². The van der Waals surface area contributed by atoms with Crippen molar-refractivity contribution in [2.75, 3.05) is 13.1 Å². The van der Waals surface area contributed by atoms with Crippen LogP contribution in [0.2, 0.25) is 0 Å². The zero-order valence-corrected chi connectivity index (χ0v) is 9.41. The Morgan fingerprint density at radius 2 is 1.62 bits per heavy atom. The molecule has 0 aliphatic carbocycles. The summed E-state index contributed by atoms with van der Waals surface area (Å²) in [4.78, 5) is 0. The Labute approximate surface area is 90.3 Å². The van der Waals surface area contributed by atoms with Crippen LogP contribution in [0.3, 0.4) is 0 Å². The van der Waals surface area contributed by atoms with Crippen molar-refractivity contribution in [1.82, 2.24) is 5.32 Å². The summed E-state index contributed by atoms with van der Waals surface area (Å²) in [6, 6.07) is 10.9. The van der Waals surface area contributed by atoms with Crippen LogP contribution in [-0.4, -0.2) is 13.1 Å². The Morgan fingerprint density at radius 1 is 1.00 bits per heavy atom. The molecule has 1 aromatic rings. The monoisotopic (exact) mass is 241 g/mol. The first kappa shape index (κ1) is 10.7. The van der Waals surface area contributed by atoms with Gasteiger partial charge in [0, 0.05) is 0 Å². The third-order valence-corrected chi connectivity index (χ3v) is 2.61. The first-order valence-electron chi connectivity index (χ1n) is 4.72. The normalized spacial score (nSPS) is 17.8. The van der Waals surface area contributed by atoms with E-state index in [0.717, 1.165) is 5.92 Å². The molecule has 1 nitrogen and oxygen atoms in total. The summed E-state index contributed by atoms with van der Waals surface area (Å²) in [7, 11) is 0. The van der Waals surface area contributed by atoms with E-state index in [1.807, 2.05) is 0 Å². The van der Waals surface area contributed by atoms with Crippen molar-refractivity contribution in [3.63, 3.8) is 0 Å². The number of rotatable bonds is 1. The van der Waals surface area contributed by atoms with E-state index in [2.05, 4.69) is 35.6 Å². The molecule has 0 radical (unpaired) electrons. The molecule has 0 atom stereocenters. The fourth-order valence-electron chi connectivity index (χ4n) is 1.88. The van der Waals surface area contributed by atoms with Gasteiger partial charge in [-0.25, -0.2) is 0 Å².